The molecule has 0 fully saturated rings. The molecular formula is C18H12N8. The number of benzene rings is 2. The summed E-state index contributed by atoms with van der Waals surface area (Å²) in [5.74, 6) is 0. The van der Waals surface area contributed by atoms with Crippen molar-refractivity contribution in [3.8, 4) is 0 Å². The minimum absolute atomic E-state index is 0.0535. The number of aromatic nitrogens is 6. The van der Waals surface area contributed by atoms with Crippen LogP contribution in [0.2, 0.25) is 0 Å². The summed E-state index contributed by atoms with van der Waals surface area (Å²) in [6, 6.07) is 15.1. The van der Waals surface area contributed by atoms with Gasteiger partial charge in [0, 0.05) is 0 Å². The highest BCUT2D eigenvalue weighted by Crippen LogP contribution is 2.24. The maximum absolute atomic E-state index is 8.46. The Bertz CT molecular complexity index is 1170. The van der Waals surface area contributed by atoms with E-state index in [0.717, 1.165) is 22.1 Å². The number of rotatable bonds is 2. The average Bonchev–Trinajstić information content (AvgIpc) is 3.28. The predicted molar refractivity (Wildman–Crippen MR) is 99.1 cm³/mol. The fourth-order valence-corrected chi connectivity index (χ4v) is 3.03. The van der Waals surface area contributed by atoms with Crippen molar-refractivity contribution in [1.29, 1.82) is 10.8 Å². The molecule has 26 heavy (non-hydrogen) atoms. The second kappa shape index (κ2) is 5.28. The first-order valence-corrected chi connectivity index (χ1v) is 7.96. The summed E-state index contributed by atoms with van der Waals surface area (Å²) in [6.07, 6.45) is 3.51. The van der Waals surface area contributed by atoms with Gasteiger partial charge in [0.25, 0.3) is 0 Å². The van der Waals surface area contributed by atoms with Crippen LogP contribution in [0.15, 0.2) is 60.7 Å². The van der Waals surface area contributed by atoms with Gasteiger partial charge in [-0.3, -0.25) is 10.8 Å². The molecule has 8 heteroatoms. The molecule has 0 amide bonds. The molecule has 0 aliphatic heterocycles. The van der Waals surface area contributed by atoms with Gasteiger partial charge in [-0.1, -0.05) is 34.7 Å². The van der Waals surface area contributed by atoms with Gasteiger partial charge in [-0.15, -0.1) is 10.2 Å². The molecule has 2 aromatic carbocycles. The largest absolute Gasteiger partial charge is 0.296 e. The van der Waals surface area contributed by atoms with Crippen LogP contribution in [0.1, 0.15) is 0 Å². The van der Waals surface area contributed by atoms with Gasteiger partial charge in [-0.05, 0) is 36.4 Å². The van der Waals surface area contributed by atoms with Crippen LogP contribution >= 0.6 is 0 Å². The van der Waals surface area contributed by atoms with E-state index in [1.165, 1.54) is 0 Å². The van der Waals surface area contributed by atoms with Crippen molar-refractivity contribution in [2.45, 2.75) is 0 Å². The van der Waals surface area contributed by atoms with E-state index in [-0.39, 0.29) is 11.4 Å². The Morgan fingerprint density at radius 3 is 1.50 bits per heavy atom. The van der Waals surface area contributed by atoms with E-state index in [4.69, 9.17) is 10.8 Å². The molecular weight excluding hydrogens is 328 g/mol. The molecule has 0 unspecified atom stereocenters. The van der Waals surface area contributed by atoms with Crippen LogP contribution in [0.5, 0.6) is 0 Å². The van der Waals surface area contributed by atoms with Crippen molar-refractivity contribution in [3.05, 3.63) is 60.7 Å². The number of fused-ring (bicyclic) bond motifs is 2. The fraction of sp³-hybridized carbons (Fsp3) is 0. The van der Waals surface area contributed by atoms with Crippen molar-refractivity contribution in [1.82, 2.24) is 30.0 Å². The summed E-state index contributed by atoms with van der Waals surface area (Å²) in [5, 5.41) is 33.4. The Balaban J connectivity index is 1.67. The van der Waals surface area contributed by atoms with Gasteiger partial charge in [-0.2, -0.15) is 0 Å². The first kappa shape index (κ1) is 14.4. The summed E-state index contributed by atoms with van der Waals surface area (Å²) in [4.78, 5) is 0. The van der Waals surface area contributed by atoms with Gasteiger partial charge in [0.2, 0.25) is 0 Å². The Morgan fingerprint density at radius 2 is 1.04 bits per heavy atom. The lowest BCUT2D eigenvalue weighted by molar-refractivity contribution is 0.842. The van der Waals surface area contributed by atoms with Crippen LogP contribution in [0, 0.1) is 10.8 Å². The van der Waals surface area contributed by atoms with Crippen molar-refractivity contribution in [3.63, 3.8) is 0 Å². The summed E-state index contributed by atoms with van der Waals surface area (Å²) < 4.78 is 3.16. The van der Waals surface area contributed by atoms with Gasteiger partial charge in [-0.25, -0.2) is 9.36 Å². The molecule has 8 nitrogen and oxygen atoms in total. The number of hydrogen-bond donors (Lipinski definition) is 2. The van der Waals surface area contributed by atoms with Crippen LogP contribution in [0.3, 0.4) is 0 Å². The molecule has 4 aromatic rings. The molecule has 2 heterocycles. The summed E-state index contributed by atoms with van der Waals surface area (Å²) in [7, 11) is 0. The topological polar surface area (TPSA) is 109 Å². The van der Waals surface area contributed by atoms with Gasteiger partial charge in [0.05, 0.1) is 22.4 Å². The van der Waals surface area contributed by atoms with Crippen LogP contribution < -0.4 is 0 Å². The molecule has 0 atom stereocenters. The lowest BCUT2D eigenvalue weighted by atomic mass is 10.0. The van der Waals surface area contributed by atoms with E-state index >= 15 is 0 Å². The SMILES string of the molecule is N=C1C(=N)C(n2nnc3ccccc32)=CC=C1n1nnc2ccccc21. The standard InChI is InChI=1S/C18H12N8/c19-17-15(25-13-7-3-1-5-11(13)21-23-25)9-10-16(18(17)20)26-14-8-4-2-6-12(14)22-24-26/h1-10,19-20H. The number of nitrogens with one attached hydrogen (secondary N) is 2. The van der Waals surface area contributed by atoms with E-state index in [9.17, 15) is 0 Å². The van der Waals surface area contributed by atoms with Crippen molar-refractivity contribution < 1.29 is 0 Å². The third-order valence-electron chi connectivity index (χ3n) is 4.32. The van der Waals surface area contributed by atoms with E-state index in [0.29, 0.717) is 11.4 Å². The second-order valence-corrected chi connectivity index (χ2v) is 5.83. The number of nitrogens with zero attached hydrogens (tertiary/aromatic N) is 6. The highest BCUT2D eigenvalue weighted by Gasteiger charge is 2.25. The zero-order valence-corrected chi connectivity index (χ0v) is 13.5. The molecule has 1 aliphatic carbocycles. The van der Waals surface area contributed by atoms with Crippen LogP contribution in [0.4, 0.5) is 0 Å². The van der Waals surface area contributed by atoms with Gasteiger partial charge in [0.1, 0.15) is 22.5 Å². The average molecular weight is 340 g/mol. The smallest absolute Gasteiger partial charge is 0.113 e. The van der Waals surface area contributed by atoms with Crippen LogP contribution in [-0.4, -0.2) is 41.4 Å². The van der Waals surface area contributed by atoms with Crippen molar-refractivity contribution >= 4 is 44.9 Å². The molecule has 2 N–H and O–H groups in total. The maximum Gasteiger partial charge on any atom is 0.113 e. The van der Waals surface area contributed by atoms with E-state index < -0.39 is 0 Å². The summed E-state index contributed by atoms with van der Waals surface area (Å²) in [6.45, 7) is 0. The molecule has 2 aromatic heterocycles. The normalized spacial score (nSPS) is 14.8. The summed E-state index contributed by atoms with van der Waals surface area (Å²) >= 11 is 0. The van der Waals surface area contributed by atoms with Crippen molar-refractivity contribution in [2.75, 3.05) is 0 Å². The molecule has 0 radical (unpaired) electrons. The third-order valence-corrected chi connectivity index (χ3v) is 4.32. The molecule has 0 spiro atoms. The minimum atomic E-state index is 0.0535. The van der Waals surface area contributed by atoms with Crippen LogP contribution in [-0.2, 0) is 0 Å². The molecule has 0 bridgehead atoms. The minimum Gasteiger partial charge on any atom is -0.296 e. The number of para-hydroxylation sites is 2. The van der Waals surface area contributed by atoms with Crippen molar-refractivity contribution in [2.24, 2.45) is 0 Å². The Hall–Kier alpha value is -3.94. The van der Waals surface area contributed by atoms with Gasteiger partial charge >= 0.3 is 0 Å². The molecule has 0 saturated heterocycles. The van der Waals surface area contributed by atoms with E-state index in [1.54, 1.807) is 21.5 Å². The highest BCUT2D eigenvalue weighted by atomic mass is 15.4. The Labute approximate surface area is 147 Å². The monoisotopic (exact) mass is 340 g/mol. The molecule has 1 aliphatic rings. The Kier molecular flexibility index (Phi) is 2.93. The predicted octanol–water partition coefficient (Wildman–Crippen LogP) is 2.61. The fourth-order valence-electron chi connectivity index (χ4n) is 3.03. The molecule has 124 valence electrons. The maximum atomic E-state index is 8.46. The first-order valence-electron chi connectivity index (χ1n) is 7.96. The van der Waals surface area contributed by atoms with E-state index in [2.05, 4.69) is 20.6 Å². The van der Waals surface area contributed by atoms with Gasteiger partial charge < -0.3 is 0 Å². The van der Waals surface area contributed by atoms with Gasteiger partial charge in [0.15, 0.2) is 0 Å². The van der Waals surface area contributed by atoms with E-state index in [1.807, 2.05) is 48.5 Å². The quantitative estimate of drug-likeness (QED) is 0.547. The zero-order chi connectivity index (χ0) is 17.7. The lowest BCUT2D eigenvalue weighted by Gasteiger charge is -2.17. The molecule has 5 rings (SSSR count). The number of allylic oxidation sites excluding steroid dienone is 4. The lowest BCUT2D eigenvalue weighted by Crippen LogP contribution is -2.25. The number of hydrogen-bond acceptors (Lipinski definition) is 6. The summed E-state index contributed by atoms with van der Waals surface area (Å²) in [5.41, 5.74) is 4.16. The Morgan fingerprint density at radius 1 is 0.615 bits per heavy atom. The van der Waals surface area contributed by atoms with Crippen LogP contribution in [0.25, 0.3) is 33.5 Å². The highest BCUT2D eigenvalue weighted by molar-refractivity contribution is 6.65. The molecule has 0 saturated carbocycles. The second-order valence-electron chi connectivity index (χ2n) is 5.83. The zero-order valence-electron chi connectivity index (χ0n) is 13.5. The third kappa shape index (κ3) is 1.95. The first-order chi connectivity index (χ1) is 12.7.